The number of carbonyl (C=O) groups is 1. The Labute approximate surface area is 170 Å². The second-order valence-corrected chi connectivity index (χ2v) is 7.25. The van der Waals surface area contributed by atoms with Gasteiger partial charge >= 0.3 is 12.3 Å². The minimum atomic E-state index is -4.47. The van der Waals surface area contributed by atoms with Crippen LogP contribution in [-0.4, -0.2) is 65.7 Å². The summed E-state index contributed by atoms with van der Waals surface area (Å²) in [6, 6.07) is 5.94. The van der Waals surface area contributed by atoms with Gasteiger partial charge in [0.15, 0.2) is 0 Å². The molecule has 2 aromatic rings. The number of alkyl halides is 4. The molecule has 1 amide bonds. The highest BCUT2D eigenvalue weighted by Crippen LogP contribution is 2.31. The number of aromatic nitrogens is 1. The molecule has 3 rings (SSSR count). The monoisotopic (exact) mass is 426 g/mol. The Bertz CT molecular complexity index is 977. The first kappa shape index (κ1) is 21.8. The third kappa shape index (κ3) is 5.36. The van der Waals surface area contributed by atoms with E-state index < -0.39 is 31.0 Å². The normalized spacial score (nSPS) is 19.9. The Hall–Kier alpha value is -2.93. The molecule has 0 saturated carbocycles. The summed E-state index contributed by atoms with van der Waals surface area (Å²) >= 11 is 0. The molecule has 1 aromatic carbocycles. The van der Waals surface area contributed by atoms with Crippen LogP contribution >= 0.6 is 0 Å². The van der Waals surface area contributed by atoms with E-state index in [0.717, 1.165) is 11.1 Å². The topological polar surface area (TPSA) is 69.5 Å². The highest BCUT2D eigenvalue weighted by atomic mass is 19.4. The van der Waals surface area contributed by atoms with Crippen LogP contribution in [0.5, 0.6) is 0 Å². The number of hydrogen-bond acceptors (Lipinski definition) is 3. The molecule has 1 saturated heterocycles. The lowest BCUT2D eigenvalue weighted by Gasteiger charge is -2.33. The average Bonchev–Trinajstić information content (AvgIpc) is 2.98. The molecule has 0 bridgehead atoms. The van der Waals surface area contributed by atoms with Crippen LogP contribution in [0.4, 0.5) is 28.0 Å². The lowest BCUT2D eigenvalue weighted by atomic mass is 10.0. The summed E-state index contributed by atoms with van der Waals surface area (Å²) in [7, 11) is 1.84. The van der Waals surface area contributed by atoms with Gasteiger partial charge in [0.05, 0.1) is 23.8 Å². The molecule has 162 valence electrons. The van der Waals surface area contributed by atoms with E-state index in [1.54, 1.807) is 18.2 Å². The predicted octanol–water partition coefficient (Wildman–Crippen LogP) is 3.28. The third-order valence-corrected chi connectivity index (χ3v) is 4.91. The van der Waals surface area contributed by atoms with Crippen molar-refractivity contribution in [1.82, 2.24) is 14.8 Å². The number of nitrogens with zero attached hydrogens (tertiary/aromatic N) is 2. The summed E-state index contributed by atoms with van der Waals surface area (Å²) in [5.74, 6) is 5.12. The van der Waals surface area contributed by atoms with E-state index in [-0.39, 0.29) is 18.8 Å². The minimum absolute atomic E-state index is 0.101. The predicted molar refractivity (Wildman–Crippen MR) is 105 cm³/mol. The summed E-state index contributed by atoms with van der Waals surface area (Å²) in [5.41, 5.74) is 0.956. The molecule has 1 fully saturated rings. The van der Waals surface area contributed by atoms with Gasteiger partial charge in [-0.15, -0.1) is 0 Å². The first-order chi connectivity index (χ1) is 14.1. The van der Waals surface area contributed by atoms with Crippen LogP contribution in [0, 0.1) is 11.8 Å². The summed E-state index contributed by atoms with van der Waals surface area (Å²) in [6.45, 7) is -0.449. The van der Waals surface area contributed by atoms with Crippen LogP contribution in [0.1, 0.15) is 12.1 Å². The number of amides is 1. The van der Waals surface area contributed by atoms with Gasteiger partial charge in [-0.05, 0) is 37.6 Å². The number of piperidine rings is 1. The number of anilines is 1. The zero-order chi connectivity index (χ0) is 21.9. The number of rotatable bonds is 4. The van der Waals surface area contributed by atoms with Gasteiger partial charge in [0.1, 0.15) is 12.7 Å². The van der Waals surface area contributed by atoms with Gasteiger partial charge in [-0.2, -0.15) is 13.2 Å². The van der Waals surface area contributed by atoms with Crippen molar-refractivity contribution in [3.8, 4) is 11.8 Å². The van der Waals surface area contributed by atoms with Crippen molar-refractivity contribution in [2.75, 3.05) is 32.0 Å². The number of benzene rings is 1. The Balaban J connectivity index is 1.96. The molecule has 0 aliphatic carbocycles. The lowest BCUT2D eigenvalue weighted by molar-refractivity contribution is -0.140. The van der Waals surface area contributed by atoms with Crippen LogP contribution in [-0.2, 0) is 6.54 Å². The average molecular weight is 426 g/mol. The molecule has 0 spiro atoms. The SMILES string of the molecule is CN1CC[C@@H](Nc2cccc3c2cc(C#CCNC(=O)O)n3CC(F)(F)F)[C@@H](F)C1. The fourth-order valence-corrected chi connectivity index (χ4v) is 3.54. The van der Waals surface area contributed by atoms with Gasteiger partial charge in [0.2, 0.25) is 0 Å². The highest BCUT2D eigenvalue weighted by molar-refractivity contribution is 5.94. The molecule has 2 atom stereocenters. The molecule has 3 N–H and O–H groups in total. The van der Waals surface area contributed by atoms with Crippen molar-refractivity contribution in [3.63, 3.8) is 0 Å². The van der Waals surface area contributed by atoms with E-state index in [0.29, 0.717) is 23.0 Å². The molecule has 0 unspecified atom stereocenters. The lowest BCUT2D eigenvalue weighted by Crippen LogP contribution is -2.46. The van der Waals surface area contributed by atoms with E-state index in [4.69, 9.17) is 5.11 Å². The first-order valence-electron chi connectivity index (χ1n) is 9.38. The highest BCUT2D eigenvalue weighted by Gasteiger charge is 2.31. The summed E-state index contributed by atoms with van der Waals surface area (Å²) < 4.78 is 54.9. The maximum Gasteiger partial charge on any atom is 0.406 e. The maximum atomic E-state index is 14.4. The maximum absolute atomic E-state index is 14.4. The second kappa shape index (κ2) is 8.83. The summed E-state index contributed by atoms with van der Waals surface area (Å²) in [5, 5.41) is 14.3. The zero-order valence-corrected chi connectivity index (χ0v) is 16.3. The molecule has 2 heterocycles. The fraction of sp³-hybridized carbons (Fsp3) is 0.450. The standard InChI is InChI=1S/C20H22F4N4O2/c1-27-9-7-17(15(21)11-27)26-16-5-2-6-18-14(16)10-13(4-3-8-25-19(29)30)28(18)12-20(22,23)24/h2,5-6,10,15,17,25-26H,7-9,11-12H2,1H3,(H,29,30)/t15-,17+/m0/s1. The smallest absolute Gasteiger partial charge is 0.406 e. The largest absolute Gasteiger partial charge is 0.465 e. The van der Waals surface area contributed by atoms with Crippen LogP contribution in [0.3, 0.4) is 0 Å². The van der Waals surface area contributed by atoms with Crippen molar-refractivity contribution in [1.29, 1.82) is 0 Å². The van der Waals surface area contributed by atoms with E-state index in [1.807, 2.05) is 17.3 Å². The molecule has 10 heteroatoms. The quantitative estimate of drug-likeness (QED) is 0.519. The molecule has 1 aliphatic heterocycles. The Kier molecular flexibility index (Phi) is 6.41. The van der Waals surface area contributed by atoms with E-state index >= 15 is 0 Å². The number of hydrogen-bond donors (Lipinski definition) is 3. The van der Waals surface area contributed by atoms with Gasteiger partial charge in [-0.1, -0.05) is 12.0 Å². The zero-order valence-electron chi connectivity index (χ0n) is 16.3. The molecule has 6 nitrogen and oxygen atoms in total. The third-order valence-electron chi connectivity index (χ3n) is 4.91. The molecule has 0 radical (unpaired) electrons. The van der Waals surface area contributed by atoms with Crippen molar-refractivity contribution < 1.29 is 27.5 Å². The van der Waals surface area contributed by atoms with Crippen molar-refractivity contribution in [2.45, 2.75) is 31.4 Å². The number of carboxylic acid groups (broad SMARTS) is 1. The van der Waals surface area contributed by atoms with Crippen LogP contribution in [0.25, 0.3) is 10.9 Å². The van der Waals surface area contributed by atoms with Crippen molar-refractivity contribution in [3.05, 3.63) is 30.0 Å². The van der Waals surface area contributed by atoms with Crippen LogP contribution in [0.15, 0.2) is 24.3 Å². The number of fused-ring (bicyclic) bond motifs is 1. The van der Waals surface area contributed by atoms with Gasteiger partial charge in [-0.25, -0.2) is 9.18 Å². The van der Waals surface area contributed by atoms with Crippen LogP contribution in [0.2, 0.25) is 0 Å². The van der Waals surface area contributed by atoms with E-state index in [1.165, 1.54) is 6.07 Å². The molecular weight excluding hydrogens is 404 g/mol. The molecule has 1 aliphatic rings. The van der Waals surface area contributed by atoms with Gasteiger partial charge in [-0.3, -0.25) is 0 Å². The first-order valence-corrected chi connectivity index (χ1v) is 9.38. The van der Waals surface area contributed by atoms with Gasteiger partial charge < -0.3 is 25.2 Å². The Morgan fingerprint density at radius 3 is 2.80 bits per heavy atom. The van der Waals surface area contributed by atoms with Crippen LogP contribution < -0.4 is 10.6 Å². The fourth-order valence-electron chi connectivity index (χ4n) is 3.54. The number of likely N-dealkylation sites (tertiary alicyclic amines) is 1. The van der Waals surface area contributed by atoms with Gasteiger partial charge in [0.25, 0.3) is 0 Å². The second-order valence-electron chi connectivity index (χ2n) is 7.25. The van der Waals surface area contributed by atoms with Crippen molar-refractivity contribution >= 4 is 22.7 Å². The van der Waals surface area contributed by atoms with Crippen molar-refractivity contribution in [2.24, 2.45) is 0 Å². The number of halogens is 4. The Morgan fingerprint density at radius 2 is 2.13 bits per heavy atom. The summed E-state index contributed by atoms with van der Waals surface area (Å²) in [6.07, 6.45) is -6.27. The number of nitrogens with one attached hydrogen (secondary N) is 2. The minimum Gasteiger partial charge on any atom is -0.465 e. The van der Waals surface area contributed by atoms with E-state index in [9.17, 15) is 22.4 Å². The van der Waals surface area contributed by atoms with E-state index in [2.05, 4.69) is 17.2 Å². The molecule has 1 aromatic heterocycles. The van der Waals surface area contributed by atoms with Gasteiger partial charge in [0, 0.05) is 24.2 Å². The molecule has 30 heavy (non-hydrogen) atoms. The molecular formula is C20H22F4N4O2. The summed E-state index contributed by atoms with van der Waals surface area (Å²) in [4.78, 5) is 12.4. The Morgan fingerprint density at radius 1 is 1.37 bits per heavy atom.